The highest BCUT2D eigenvalue weighted by Gasteiger charge is 2.62. The monoisotopic (exact) mass is 264 g/mol. The summed E-state index contributed by atoms with van der Waals surface area (Å²) in [4.78, 5) is 37.2. The minimum atomic E-state index is -1.33. The number of carboxylic acid groups (broad SMARTS) is 1. The van der Waals surface area contributed by atoms with Crippen molar-refractivity contribution in [2.45, 2.75) is 39.2 Å². The number of carbonyl (C=O) groups is 3. The summed E-state index contributed by atoms with van der Waals surface area (Å²) in [6, 6.07) is -1.12. The van der Waals surface area contributed by atoms with E-state index in [2.05, 4.69) is 0 Å². The number of hydrogen-bond donors (Lipinski definition) is 0. The number of fused-ring (bicyclic) bond motifs is 5. The third-order valence-electron chi connectivity index (χ3n) is 5.11. The van der Waals surface area contributed by atoms with Crippen LogP contribution >= 0.6 is 0 Å². The van der Waals surface area contributed by atoms with Crippen LogP contribution in [-0.4, -0.2) is 28.7 Å². The van der Waals surface area contributed by atoms with E-state index in [1.807, 2.05) is 0 Å². The topological polar surface area (TPSA) is 77.5 Å². The molecule has 1 saturated heterocycles. The Morgan fingerprint density at radius 3 is 2.00 bits per heavy atom. The number of likely N-dealkylation sites (tertiary alicyclic amines) is 1. The standard InChI is InChI=1S/C14H19NO4/c1-6(2)11(14(18)19)15-12(16)9-7-3-4-8(5-7)10(9)13(15)17/h6-11H,3-5H2,1-2H3,(H,18,19)/p-1/t7-,8-,9-,10+,11-/m1/s1. The maximum absolute atomic E-state index is 12.5. The fraction of sp³-hybridized carbons (Fsp3) is 0.786. The number of carboxylic acids is 1. The third-order valence-corrected chi connectivity index (χ3v) is 5.11. The van der Waals surface area contributed by atoms with Crippen LogP contribution in [0.25, 0.3) is 0 Å². The highest BCUT2D eigenvalue weighted by atomic mass is 16.4. The lowest BCUT2D eigenvalue weighted by Crippen LogP contribution is -2.54. The largest absolute Gasteiger partial charge is 0.548 e. The Bertz CT molecular complexity index is 430. The lowest BCUT2D eigenvalue weighted by molar-refractivity contribution is -0.312. The van der Waals surface area contributed by atoms with Gasteiger partial charge >= 0.3 is 0 Å². The number of rotatable bonds is 3. The van der Waals surface area contributed by atoms with Crippen molar-refractivity contribution in [2.24, 2.45) is 29.6 Å². The first-order valence-corrected chi connectivity index (χ1v) is 7.01. The van der Waals surface area contributed by atoms with Crippen molar-refractivity contribution < 1.29 is 19.5 Å². The highest BCUT2D eigenvalue weighted by molar-refractivity contribution is 6.08. The van der Waals surface area contributed by atoms with Gasteiger partial charge in [0.1, 0.15) is 0 Å². The van der Waals surface area contributed by atoms with Crippen LogP contribution < -0.4 is 5.11 Å². The molecule has 2 saturated carbocycles. The molecule has 1 heterocycles. The van der Waals surface area contributed by atoms with E-state index in [0.29, 0.717) is 0 Å². The van der Waals surface area contributed by atoms with Crippen molar-refractivity contribution in [3.63, 3.8) is 0 Å². The van der Waals surface area contributed by atoms with Gasteiger partial charge in [0.15, 0.2) is 0 Å². The molecule has 0 unspecified atom stereocenters. The summed E-state index contributed by atoms with van der Waals surface area (Å²) in [5.74, 6) is -2.15. The second-order valence-corrected chi connectivity index (χ2v) is 6.44. The quantitative estimate of drug-likeness (QED) is 0.661. The van der Waals surface area contributed by atoms with Crippen molar-refractivity contribution in [1.82, 2.24) is 4.90 Å². The van der Waals surface area contributed by atoms with E-state index < -0.39 is 12.0 Å². The molecule has 0 radical (unpaired) electrons. The molecule has 0 spiro atoms. The molecule has 0 aromatic carbocycles. The van der Waals surface area contributed by atoms with Gasteiger partial charge in [0.2, 0.25) is 11.8 Å². The molecular weight excluding hydrogens is 246 g/mol. The van der Waals surface area contributed by atoms with Crippen molar-refractivity contribution in [1.29, 1.82) is 0 Å². The van der Waals surface area contributed by atoms with Gasteiger partial charge in [-0.05, 0) is 37.0 Å². The zero-order valence-electron chi connectivity index (χ0n) is 11.2. The Morgan fingerprint density at radius 2 is 1.63 bits per heavy atom. The molecular formula is C14H18NO4-. The number of nitrogens with zero attached hydrogens (tertiary/aromatic N) is 1. The first-order valence-electron chi connectivity index (χ1n) is 7.01. The fourth-order valence-corrected chi connectivity index (χ4v) is 4.38. The summed E-state index contributed by atoms with van der Waals surface area (Å²) in [5.41, 5.74) is 0. The Labute approximate surface area is 112 Å². The van der Waals surface area contributed by atoms with E-state index in [-0.39, 0.29) is 41.4 Å². The average Bonchev–Trinajstić information content (AvgIpc) is 2.97. The summed E-state index contributed by atoms with van der Waals surface area (Å²) < 4.78 is 0. The smallest absolute Gasteiger partial charge is 0.234 e. The first kappa shape index (κ1) is 12.6. The Morgan fingerprint density at radius 1 is 1.16 bits per heavy atom. The van der Waals surface area contributed by atoms with Crippen LogP contribution in [0.15, 0.2) is 0 Å². The Kier molecular flexibility index (Phi) is 2.69. The van der Waals surface area contributed by atoms with Gasteiger partial charge in [-0.1, -0.05) is 13.8 Å². The van der Waals surface area contributed by atoms with Gasteiger partial charge in [-0.25, -0.2) is 0 Å². The van der Waals surface area contributed by atoms with E-state index in [0.717, 1.165) is 24.2 Å². The van der Waals surface area contributed by atoms with Crippen LogP contribution in [-0.2, 0) is 14.4 Å². The van der Waals surface area contributed by atoms with Crippen LogP contribution in [0.1, 0.15) is 33.1 Å². The zero-order chi connectivity index (χ0) is 13.9. The minimum absolute atomic E-state index is 0.258. The SMILES string of the molecule is CC(C)[C@H](C(=O)[O-])N1C(=O)[C@@H]2[C@@H]3CC[C@H](C3)[C@@H]2C1=O. The fourth-order valence-electron chi connectivity index (χ4n) is 4.38. The van der Waals surface area contributed by atoms with Crippen molar-refractivity contribution in [2.75, 3.05) is 0 Å². The number of aliphatic carboxylic acids is 1. The molecule has 5 atom stereocenters. The lowest BCUT2D eigenvalue weighted by atomic mass is 9.81. The molecule has 5 heteroatoms. The molecule has 0 N–H and O–H groups in total. The van der Waals surface area contributed by atoms with E-state index in [1.54, 1.807) is 13.8 Å². The number of hydrogen-bond acceptors (Lipinski definition) is 4. The van der Waals surface area contributed by atoms with Gasteiger partial charge in [0, 0.05) is 0 Å². The summed E-state index contributed by atoms with van der Waals surface area (Å²) in [6.07, 6.45) is 2.95. The molecule has 3 rings (SSSR count). The van der Waals surface area contributed by atoms with Crippen LogP contribution in [0, 0.1) is 29.6 Å². The Balaban J connectivity index is 1.94. The summed E-state index contributed by atoms with van der Waals surface area (Å²) in [6.45, 7) is 3.40. The maximum atomic E-state index is 12.5. The predicted molar refractivity (Wildman–Crippen MR) is 63.3 cm³/mol. The lowest BCUT2D eigenvalue weighted by Gasteiger charge is -2.31. The van der Waals surface area contributed by atoms with Crippen LogP contribution in [0.5, 0.6) is 0 Å². The summed E-state index contributed by atoms with van der Waals surface area (Å²) in [5, 5.41) is 11.3. The van der Waals surface area contributed by atoms with Gasteiger partial charge in [-0.2, -0.15) is 0 Å². The molecule has 3 aliphatic rings. The van der Waals surface area contributed by atoms with E-state index in [1.165, 1.54) is 0 Å². The molecule has 19 heavy (non-hydrogen) atoms. The molecule has 5 nitrogen and oxygen atoms in total. The van der Waals surface area contributed by atoms with E-state index in [4.69, 9.17) is 0 Å². The molecule has 0 aromatic heterocycles. The highest BCUT2D eigenvalue weighted by Crippen LogP contribution is 2.56. The summed E-state index contributed by atoms with van der Waals surface area (Å²) in [7, 11) is 0. The van der Waals surface area contributed by atoms with E-state index >= 15 is 0 Å². The Hall–Kier alpha value is -1.39. The normalized spacial score (nSPS) is 38.2. The number of carbonyl (C=O) groups excluding carboxylic acids is 3. The van der Waals surface area contributed by atoms with Gasteiger partial charge in [-0.3, -0.25) is 14.5 Å². The molecule has 1 aliphatic heterocycles. The summed E-state index contributed by atoms with van der Waals surface area (Å²) >= 11 is 0. The van der Waals surface area contributed by atoms with Crippen LogP contribution in [0.2, 0.25) is 0 Å². The predicted octanol–water partition coefficient (Wildman–Crippen LogP) is -0.208. The maximum Gasteiger partial charge on any atom is 0.234 e. The van der Waals surface area contributed by atoms with Crippen LogP contribution in [0.4, 0.5) is 0 Å². The van der Waals surface area contributed by atoms with Gasteiger partial charge in [-0.15, -0.1) is 0 Å². The average molecular weight is 264 g/mol. The molecule has 2 aliphatic carbocycles. The minimum Gasteiger partial charge on any atom is -0.548 e. The van der Waals surface area contributed by atoms with Gasteiger partial charge in [0.25, 0.3) is 0 Å². The molecule has 2 bridgehead atoms. The van der Waals surface area contributed by atoms with Gasteiger partial charge in [0.05, 0.1) is 23.8 Å². The van der Waals surface area contributed by atoms with Crippen molar-refractivity contribution in [3.05, 3.63) is 0 Å². The number of amides is 2. The first-order chi connectivity index (χ1) is 8.93. The van der Waals surface area contributed by atoms with Crippen molar-refractivity contribution >= 4 is 17.8 Å². The number of imide groups is 1. The third kappa shape index (κ3) is 1.56. The molecule has 0 aromatic rings. The second kappa shape index (κ2) is 4.05. The zero-order valence-corrected chi connectivity index (χ0v) is 11.2. The van der Waals surface area contributed by atoms with E-state index in [9.17, 15) is 19.5 Å². The molecule has 2 amide bonds. The van der Waals surface area contributed by atoms with Crippen LogP contribution in [0.3, 0.4) is 0 Å². The molecule has 3 fully saturated rings. The van der Waals surface area contributed by atoms with Gasteiger partial charge < -0.3 is 9.90 Å². The van der Waals surface area contributed by atoms with Crippen molar-refractivity contribution in [3.8, 4) is 0 Å². The molecule has 104 valence electrons. The second-order valence-electron chi connectivity index (χ2n) is 6.44.